The van der Waals surface area contributed by atoms with Crippen molar-refractivity contribution < 1.29 is 4.74 Å². The lowest BCUT2D eigenvalue weighted by Crippen LogP contribution is -1.78. The number of hydrogen-bond donors (Lipinski definition) is 0. The Morgan fingerprint density at radius 3 is 1.00 bits per heavy atom. The number of rotatable bonds is 2. The minimum Gasteiger partial charge on any atom is -0.468 e. The minimum atomic E-state index is 0.688. The standard InChI is InChI=1S/C6H10O.2C2H6/c1-5(2)7-6(3)4;2*1-2/h1,3H2,2,4H3;2*1-2H3. The molecule has 0 spiro atoms. The number of ether oxygens (including phenoxy) is 1. The maximum absolute atomic E-state index is 4.86. The smallest absolute Gasteiger partial charge is 0.0933 e. The maximum atomic E-state index is 4.86. The maximum Gasteiger partial charge on any atom is 0.0933 e. The van der Waals surface area contributed by atoms with Gasteiger partial charge in [0, 0.05) is 0 Å². The van der Waals surface area contributed by atoms with Crippen LogP contribution in [-0.2, 0) is 4.74 Å². The van der Waals surface area contributed by atoms with E-state index in [2.05, 4.69) is 13.2 Å². The van der Waals surface area contributed by atoms with Crippen LogP contribution in [0.5, 0.6) is 0 Å². The average molecular weight is 158 g/mol. The van der Waals surface area contributed by atoms with Crippen LogP contribution in [0.3, 0.4) is 0 Å². The molecule has 0 rings (SSSR count). The van der Waals surface area contributed by atoms with Gasteiger partial charge in [-0.1, -0.05) is 40.9 Å². The van der Waals surface area contributed by atoms with Crippen LogP contribution in [0, 0.1) is 0 Å². The van der Waals surface area contributed by atoms with Crippen LogP contribution in [0.1, 0.15) is 41.5 Å². The molecule has 0 heterocycles. The molecule has 0 aromatic rings. The van der Waals surface area contributed by atoms with Gasteiger partial charge >= 0.3 is 0 Å². The lowest BCUT2D eigenvalue weighted by atomic mass is 10.6. The summed E-state index contributed by atoms with van der Waals surface area (Å²) in [7, 11) is 0. The first kappa shape index (κ1) is 16.7. The second kappa shape index (κ2) is 16.1. The Morgan fingerprint density at radius 1 is 0.818 bits per heavy atom. The fourth-order valence-electron chi connectivity index (χ4n) is 0.297. The molecule has 11 heavy (non-hydrogen) atoms. The van der Waals surface area contributed by atoms with Gasteiger partial charge in [-0.3, -0.25) is 0 Å². The highest BCUT2D eigenvalue weighted by atomic mass is 16.5. The largest absolute Gasteiger partial charge is 0.468 e. The average Bonchev–Trinajstić information content (AvgIpc) is 1.93. The van der Waals surface area contributed by atoms with Crippen LogP contribution in [0.2, 0.25) is 0 Å². The van der Waals surface area contributed by atoms with E-state index in [0.29, 0.717) is 11.5 Å². The van der Waals surface area contributed by atoms with E-state index in [9.17, 15) is 0 Å². The predicted molar refractivity (Wildman–Crippen MR) is 53.4 cm³/mol. The molecular weight excluding hydrogens is 136 g/mol. The summed E-state index contributed by atoms with van der Waals surface area (Å²) in [4.78, 5) is 0. The van der Waals surface area contributed by atoms with Crippen LogP contribution in [0.25, 0.3) is 0 Å². The van der Waals surface area contributed by atoms with Crippen LogP contribution in [0.15, 0.2) is 24.7 Å². The highest BCUT2D eigenvalue weighted by molar-refractivity contribution is 4.85. The molecule has 0 aliphatic heterocycles. The highest BCUT2D eigenvalue weighted by Crippen LogP contribution is 1.97. The lowest BCUT2D eigenvalue weighted by Gasteiger charge is -1.99. The molecule has 0 aliphatic rings. The van der Waals surface area contributed by atoms with Crippen molar-refractivity contribution in [2.24, 2.45) is 0 Å². The SMILES string of the molecule is C=C(C)OC(=C)C.CC.CC. The van der Waals surface area contributed by atoms with Gasteiger partial charge in [0.2, 0.25) is 0 Å². The Balaban J connectivity index is -0.000000138. The van der Waals surface area contributed by atoms with Gasteiger partial charge in [-0.05, 0) is 13.8 Å². The first-order valence-corrected chi connectivity index (χ1v) is 4.12. The van der Waals surface area contributed by atoms with Gasteiger partial charge in [-0.25, -0.2) is 0 Å². The van der Waals surface area contributed by atoms with Gasteiger partial charge in [0.1, 0.15) is 0 Å². The van der Waals surface area contributed by atoms with Gasteiger partial charge in [0.15, 0.2) is 0 Å². The minimum absolute atomic E-state index is 0.688. The lowest BCUT2D eigenvalue weighted by molar-refractivity contribution is 0.313. The van der Waals surface area contributed by atoms with E-state index in [1.54, 1.807) is 13.8 Å². The second-order valence-corrected chi connectivity index (χ2v) is 1.51. The van der Waals surface area contributed by atoms with Gasteiger partial charge in [0.05, 0.1) is 11.5 Å². The summed E-state index contributed by atoms with van der Waals surface area (Å²) in [6.45, 7) is 18.6. The zero-order valence-electron chi connectivity index (χ0n) is 8.82. The molecule has 0 saturated carbocycles. The van der Waals surface area contributed by atoms with E-state index in [1.165, 1.54) is 0 Å². The molecule has 0 aromatic carbocycles. The molecule has 0 atom stereocenters. The Hall–Kier alpha value is -0.720. The van der Waals surface area contributed by atoms with Crippen molar-refractivity contribution >= 4 is 0 Å². The zero-order chi connectivity index (χ0) is 9.86. The van der Waals surface area contributed by atoms with Crippen molar-refractivity contribution in [3.8, 4) is 0 Å². The molecule has 0 aromatic heterocycles. The Morgan fingerprint density at radius 2 is 1.00 bits per heavy atom. The van der Waals surface area contributed by atoms with Crippen molar-refractivity contribution in [2.45, 2.75) is 41.5 Å². The fourth-order valence-corrected chi connectivity index (χ4v) is 0.297. The van der Waals surface area contributed by atoms with E-state index in [4.69, 9.17) is 4.74 Å². The Bertz CT molecular complexity index is 81.0. The van der Waals surface area contributed by atoms with Crippen molar-refractivity contribution in [3.05, 3.63) is 24.7 Å². The quantitative estimate of drug-likeness (QED) is 0.549. The summed E-state index contributed by atoms with van der Waals surface area (Å²) in [6, 6.07) is 0. The molecule has 0 saturated heterocycles. The van der Waals surface area contributed by atoms with Crippen molar-refractivity contribution in [2.75, 3.05) is 0 Å². The third kappa shape index (κ3) is 45.7. The molecule has 68 valence electrons. The van der Waals surface area contributed by atoms with Gasteiger partial charge in [0.25, 0.3) is 0 Å². The van der Waals surface area contributed by atoms with E-state index in [-0.39, 0.29) is 0 Å². The third-order valence-corrected chi connectivity index (χ3v) is 0.348. The molecule has 0 bridgehead atoms. The summed E-state index contributed by atoms with van der Waals surface area (Å²) in [5.74, 6) is 1.38. The van der Waals surface area contributed by atoms with Crippen LogP contribution in [-0.4, -0.2) is 0 Å². The topological polar surface area (TPSA) is 9.23 Å². The molecular formula is C10H22O. The Labute approximate surface area is 71.8 Å². The summed E-state index contributed by atoms with van der Waals surface area (Å²) in [5, 5.41) is 0. The van der Waals surface area contributed by atoms with Crippen molar-refractivity contribution in [1.29, 1.82) is 0 Å². The molecule has 1 heteroatoms. The van der Waals surface area contributed by atoms with Crippen LogP contribution < -0.4 is 0 Å². The molecule has 0 fully saturated rings. The summed E-state index contributed by atoms with van der Waals surface area (Å²) in [5.41, 5.74) is 0. The number of hydrogen-bond acceptors (Lipinski definition) is 1. The van der Waals surface area contributed by atoms with E-state index in [0.717, 1.165) is 0 Å². The first-order valence-electron chi connectivity index (χ1n) is 4.12. The summed E-state index contributed by atoms with van der Waals surface area (Å²) < 4.78 is 4.86. The molecule has 0 N–H and O–H groups in total. The van der Waals surface area contributed by atoms with Gasteiger partial charge in [-0.2, -0.15) is 0 Å². The second-order valence-electron chi connectivity index (χ2n) is 1.51. The van der Waals surface area contributed by atoms with Gasteiger partial charge < -0.3 is 4.74 Å². The van der Waals surface area contributed by atoms with Crippen LogP contribution >= 0.6 is 0 Å². The van der Waals surface area contributed by atoms with Crippen molar-refractivity contribution in [3.63, 3.8) is 0 Å². The molecule has 0 amide bonds. The van der Waals surface area contributed by atoms with E-state index >= 15 is 0 Å². The zero-order valence-corrected chi connectivity index (χ0v) is 8.82. The molecule has 0 radical (unpaired) electrons. The monoisotopic (exact) mass is 158 g/mol. The molecule has 0 aliphatic carbocycles. The van der Waals surface area contributed by atoms with E-state index in [1.807, 2.05) is 27.7 Å². The highest BCUT2D eigenvalue weighted by Gasteiger charge is 1.80. The molecule has 1 nitrogen and oxygen atoms in total. The normalized spacial score (nSPS) is 6.00. The first-order chi connectivity index (χ1) is 5.13. The Kier molecular flexibility index (Phi) is 24.5. The predicted octanol–water partition coefficient (Wildman–Crippen LogP) is 4.12. The number of allylic oxidation sites excluding steroid dienone is 2. The third-order valence-electron chi connectivity index (χ3n) is 0.348. The van der Waals surface area contributed by atoms with Crippen LogP contribution in [0.4, 0.5) is 0 Å². The summed E-state index contributed by atoms with van der Waals surface area (Å²) in [6.07, 6.45) is 0. The summed E-state index contributed by atoms with van der Waals surface area (Å²) >= 11 is 0. The molecule has 0 unspecified atom stereocenters. The van der Waals surface area contributed by atoms with E-state index < -0.39 is 0 Å². The van der Waals surface area contributed by atoms with Gasteiger partial charge in [-0.15, -0.1) is 0 Å². The fraction of sp³-hybridized carbons (Fsp3) is 0.600. The van der Waals surface area contributed by atoms with Crippen molar-refractivity contribution in [1.82, 2.24) is 0 Å².